The van der Waals surface area contributed by atoms with E-state index in [1.807, 2.05) is 33.0 Å². The summed E-state index contributed by atoms with van der Waals surface area (Å²) in [6.45, 7) is 4.50. The van der Waals surface area contributed by atoms with E-state index < -0.39 is 0 Å². The van der Waals surface area contributed by atoms with Crippen molar-refractivity contribution >= 4 is 5.97 Å². The number of nitrogens with two attached hydrogens (primary N) is 1. The molecule has 2 aromatic heterocycles. The Balaban J connectivity index is 1.72. The van der Waals surface area contributed by atoms with Gasteiger partial charge in [0.15, 0.2) is 0 Å². The predicted molar refractivity (Wildman–Crippen MR) is 99.9 cm³/mol. The normalized spacial score (nSPS) is 19.7. The Labute approximate surface area is 159 Å². The molecule has 0 saturated heterocycles. The van der Waals surface area contributed by atoms with Crippen LogP contribution < -0.4 is 10.5 Å². The standard InChI is InChI=1S/C19H27N5O3/c1-4-26-19(25)13-6-5-7-14(10-13)27-17-9-8-15(21-12(17)2)18-16(11-20)24(3)23-22-18/h8-9,13-14H,4-7,10-11,20H2,1-3H3/t13-,14-/m0/s1. The molecule has 2 aromatic rings. The van der Waals surface area contributed by atoms with Crippen molar-refractivity contribution in [2.24, 2.45) is 18.7 Å². The van der Waals surface area contributed by atoms with E-state index in [1.54, 1.807) is 4.68 Å². The number of aromatic nitrogens is 4. The molecule has 3 rings (SSSR count). The highest BCUT2D eigenvalue weighted by Crippen LogP contribution is 2.30. The maximum absolute atomic E-state index is 12.0. The lowest BCUT2D eigenvalue weighted by molar-refractivity contribution is -0.150. The van der Waals surface area contributed by atoms with Gasteiger partial charge in [0.1, 0.15) is 11.4 Å². The molecule has 2 atom stereocenters. The monoisotopic (exact) mass is 373 g/mol. The molecule has 8 nitrogen and oxygen atoms in total. The molecule has 1 aliphatic rings. The first-order valence-corrected chi connectivity index (χ1v) is 9.43. The number of hydrogen-bond donors (Lipinski definition) is 1. The van der Waals surface area contributed by atoms with E-state index in [9.17, 15) is 4.79 Å². The average Bonchev–Trinajstić information content (AvgIpc) is 3.04. The molecule has 8 heteroatoms. The lowest BCUT2D eigenvalue weighted by atomic mass is 9.87. The third-order valence-corrected chi connectivity index (χ3v) is 4.96. The van der Waals surface area contributed by atoms with Crippen molar-refractivity contribution in [1.29, 1.82) is 0 Å². The van der Waals surface area contributed by atoms with Crippen LogP contribution in [0.3, 0.4) is 0 Å². The van der Waals surface area contributed by atoms with Crippen LogP contribution in [0.15, 0.2) is 12.1 Å². The molecular weight excluding hydrogens is 346 g/mol. The first kappa shape index (κ1) is 19.3. The molecule has 0 unspecified atom stereocenters. The average molecular weight is 373 g/mol. The van der Waals surface area contributed by atoms with Crippen molar-refractivity contribution in [3.05, 3.63) is 23.5 Å². The summed E-state index contributed by atoms with van der Waals surface area (Å²) in [5, 5.41) is 8.19. The Morgan fingerprint density at radius 1 is 1.37 bits per heavy atom. The maximum atomic E-state index is 12.0. The number of hydrogen-bond acceptors (Lipinski definition) is 7. The number of ether oxygens (including phenoxy) is 2. The SMILES string of the molecule is CCOC(=O)[C@H]1CCC[C@H](Oc2ccc(-c3nnn(C)c3CN)nc2C)C1. The van der Waals surface area contributed by atoms with Gasteiger partial charge in [-0.15, -0.1) is 5.10 Å². The summed E-state index contributed by atoms with van der Waals surface area (Å²) in [4.78, 5) is 16.6. The molecule has 0 amide bonds. The fraction of sp³-hybridized carbons (Fsp3) is 0.579. The highest BCUT2D eigenvalue weighted by Gasteiger charge is 2.29. The topological polar surface area (TPSA) is 105 Å². The molecule has 0 aromatic carbocycles. The minimum atomic E-state index is -0.118. The van der Waals surface area contributed by atoms with Crippen molar-refractivity contribution in [3.63, 3.8) is 0 Å². The van der Waals surface area contributed by atoms with E-state index in [4.69, 9.17) is 15.2 Å². The van der Waals surface area contributed by atoms with Crippen molar-refractivity contribution in [2.45, 2.75) is 52.2 Å². The Morgan fingerprint density at radius 3 is 2.89 bits per heavy atom. The molecule has 1 fully saturated rings. The van der Waals surface area contributed by atoms with Gasteiger partial charge in [-0.2, -0.15) is 0 Å². The fourth-order valence-electron chi connectivity index (χ4n) is 3.52. The van der Waals surface area contributed by atoms with Gasteiger partial charge in [-0.3, -0.25) is 9.48 Å². The Hall–Kier alpha value is -2.48. The Morgan fingerprint density at radius 2 is 2.19 bits per heavy atom. The zero-order valence-corrected chi connectivity index (χ0v) is 16.1. The van der Waals surface area contributed by atoms with Gasteiger partial charge >= 0.3 is 5.97 Å². The summed E-state index contributed by atoms with van der Waals surface area (Å²) in [6, 6.07) is 3.78. The van der Waals surface area contributed by atoms with E-state index in [-0.39, 0.29) is 18.0 Å². The van der Waals surface area contributed by atoms with E-state index in [0.717, 1.165) is 42.1 Å². The summed E-state index contributed by atoms with van der Waals surface area (Å²) in [5.74, 6) is 0.530. The third-order valence-electron chi connectivity index (χ3n) is 4.96. The highest BCUT2D eigenvalue weighted by molar-refractivity contribution is 5.72. The summed E-state index contributed by atoms with van der Waals surface area (Å²) in [6.07, 6.45) is 3.43. The summed E-state index contributed by atoms with van der Waals surface area (Å²) in [7, 11) is 1.81. The summed E-state index contributed by atoms with van der Waals surface area (Å²) in [5.41, 5.74) is 8.82. The van der Waals surface area contributed by atoms with Gasteiger partial charge < -0.3 is 15.2 Å². The Kier molecular flexibility index (Phi) is 6.05. The van der Waals surface area contributed by atoms with Crippen LogP contribution in [0.2, 0.25) is 0 Å². The van der Waals surface area contributed by atoms with Crippen LogP contribution in [0.25, 0.3) is 11.4 Å². The second kappa shape index (κ2) is 8.47. The van der Waals surface area contributed by atoms with Gasteiger partial charge in [0.25, 0.3) is 0 Å². The number of esters is 1. The van der Waals surface area contributed by atoms with E-state index in [1.165, 1.54) is 0 Å². The number of carbonyl (C=O) groups is 1. The van der Waals surface area contributed by atoms with E-state index in [0.29, 0.717) is 25.3 Å². The molecule has 0 bridgehead atoms. The lowest BCUT2D eigenvalue weighted by Crippen LogP contribution is -2.31. The second-order valence-corrected chi connectivity index (χ2v) is 6.85. The zero-order valence-electron chi connectivity index (χ0n) is 16.1. The van der Waals surface area contributed by atoms with Crippen molar-refractivity contribution in [1.82, 2.24) is 20.0 Å². The first-order chi connectivity index (χ1) is 13.0. The number of nitrogens with zero attached hydrogens (tertiary/aromatic N) is 4. The highest BCUT2D eigenvalue weighted by atomic mass is 16.5. The maximum Gasteiger partial charge on any atom is 0.309 e. The quantitative estimate of drug-likeness (QED) is 0.773. The smallest absolute Gasteiger partial charge is 0.309 e. The predicted octanol–water partition coefficient (Wildman–Crippen LogP) is 2.14. The molecular formula is C19H27N5O3. The molecule has 1 aliphatic carbocycles. The molecule has 0 aliphatic heterocycles. The van der Waals surface area contributed by atoms with E-state index in [2.05, 4.69) is 15.3 Å². The largest absolute Gasteiger partial charge is 0.489 e. The van der Waals surface area contributed by atoms with Crippen LogP contribution in [0.4, 0.5) is 0 Å². The van der Waals surface area contributed by atoms with Crippen LogP contribution in [-0.4, -0.2) is 38.7 Å². The molecule has 0 spiro atoms. The number of carbonyl (C=O) groups excluding carboxylic acids is 1. The Bertz CT molecular complexity index is 805. The molecule has 1 saturated carbocycles. The van der Waals surface area contributed by atoms with Crippen LogP contribution >= 0.6 is 0 Å². The minimum absolute atomic E-state index is 0.00405. The summed E-state index contributed by atoms with van der Waals surface area (Å²) >= 11 is 0. The van der Waals surface area contributed by atoms with Gasteiger partial charge in [0.2, 0.25) is 0 Å². The fourth-order valence-corrected chi connectivity index (χ4v) is 3.52. The van der Waals surface area contributed by atoms with Gasteiger partial charge in [-0.25, -0.2) is 4.98 Å². The van der Waals surface area contributed by atoms with Gasteiger partial charge in [-0.1, -0.05) is 5.21 Å². The van der Waals surface area contributed by atoms with Gasteiger partial charge in [0.05, 0.1) is 35.7 Å². The van der Waals surface area contributed by atoms with Gasteiger partial charge in [-0.05, 0) is 51.7 Å². The zero-order chi connectivity index (χ0) is 19.4. The van der Waals surface area contributed by atoms with Crippen molar-refractivity contribution in [2.75, 3.05) is 6.61 Å². The van der Waals surface area contributed by atoms with Crippen LogP contribution in [0.5, 0.6) is 5.75 Å². The number of pyridine rings is 1. The molecule has 146 valence electrons. The van der Waals surface area contributed by atoms with Crippen molar-refractivity contribution in [3.8, 4) is 17.1 Å². The number of aryl methyl sites for hydroxylation is 2. The first-order valence-electron chi connectivity index (χ1n) is 9.43. The van der Waals surface area contributed by atoms with E-state index >= 15 is 0 Å². The number of rotatable bonds is 6. The third kappa shape index (κ3) is 4.27. The van der Waals surface area contributed by atoms with Crippen LogP contribution in [0.1, 0.15) is 44.0 Å². The minimum Gasteiger partial charge on any atom is -0.489 e. The molecule has 0 radical (unpaired) electrons. The van der Waals surface area contributed by atoms with Gasteiger partial charge in [0, 0.05) is 13.6 Å². The van der Waals surface area contributed by atoms with Crippen LogP contribution in [-0.2, 0) is 23.1 Å². The van der Waals surface area contributed by atoms with Crippen molar-refractivity contribution < 1.29 is 14.3 Å². The molecule has 2 heterocycles. The molecule has 2 N–H and O–H groups in total. The lowest BCUT2D eigenvalue weighted by Gasteiger charge is -2.28. The summed E-state index contributed by atoms with van der Waals surface area (Å²) < 4.78 is 13.0. The van der Waals surface area contributed by atoms with Crippen LogP contribution in [0, 0.1) is 12.8 Å². The second-order valence-electron chi connectivity index (χ2n) is 6.85. The molecule has 27 heavy (non-hydrogen) atoms.